The number of ether oxygens (including phenoxy) is 1. The molecule has 2 heterocycles. The van der Waals surface area contributed by atoms with Crippen LogP contribution in [0.5, 0.6) is 5.75 Å². The van der Waals surface area contributed by atoms with Gasteiger partial charge in [0.05, 0.1) is 12.8 Å². The molecule has 0 unspecified atom stereocenters. The number of hydrogen-bond donors (Lipinski definition) is 1. The highest BCUT2D eigenvalue weighted by atomic mass is 35.5. The number of carbonyl (C=O) groups excluding carboxylic acids is 1. The number of halogens is 1. The Morgan fingerprint density at radius 2 is 2.19 bits per heavy atom. The van der Waals surface area contributed by atoms with Crippen molar-refractivity contribution < 1.29 is 9.53 Å². The fourth-order valence-corrected chi connectivity index (χ4v) is 3.01. The molecule has 2 aromatic heterocycles. The molecule has 3 aromatic rings. The second-order valence-electron chi connectivity index (χ2n) is 5.91. The van der Waals surface area contributed by atoms with E-state index >= 15 is 0 Å². The van der Waals surface area contributed by atoms with E-state index in [2.05, 4.69) is 16.4 Å². The lowest BCUT2D eigenvalue weighted by atomic mass is 10.1. The van der Waals surface area contributed by atoms with Gasteiger partial charge in [-0.15, -0.1) is 0 Å². The number of rotatable bonds is 6. The summed E-state index contributed by atoms with van der Waals surface area (Å²) in [6.45, 7) is 2.55. The molecule has 0 bridgehead atoms. The number of fused-ring (bicyclic) bond motifs is 1. The Morgan fingerprint density at radius 3 is 3.00 bits per heavy atom. The fourth-order valence-electron chi connectivity index (χ4n) is 2.77. The van der Waals surface area contributed by atoms with E-state index < -0.39 is 0 Å². The molecule has 1 N–H and O–H groups in total. The second kappa shape index (κ2) is 8.06. The average Bonchev–Trinajstić information content (AvgIpc) is 2.95. The first kappa shape index (κ1) is 18.0. The molecule has 0 aliphatic rings. The minimum Gasteiger partial charge on any atom is -0.496 e. The Morgan fingerprint density at radius 1 is 1.35 bits per heavy atom. The zero-order valence-electron chi connectivity index (χ0n) is 14.7. The number of amides is 1. The van der Waals surface area contributed by atoms with Crippen LogP contribution in [-0.2, 0) is 11.2 Å². The Balaban J connectivity index is 1.61. The van der Waals surface area contributed by atoms with E-state index in [1.54, 1.807) is 13.2 Å². The fraction of sp³-hybridized carbons (Fsp3) is 0.200. The van der Waals surface area contributed by atoms with Crippen LogP contribution < -0.4 is 10.1 Å². The summed E-state index contributed by atoms with van der Waals surface area (Å²) in [6, 6.07) is 11.6. The predicted molar refractivity (Wildman–Crippen MR) is 104 cm³/mol. The molecule has 0 radical (unpaired) electrons. The van der Waals surface area contributed by atoms with Gasteiger partial charge in [0.25, 0.3) is 0 Å². The monoisotopic (exact) mass is 369 g/mol. The van der Waals surface area contributed by atoms with Crippen LogP contribution >= 0.6 is 11.6 Å². The number of aryl methyl sites for hydroxylation is 1. The molecule has 0 saturated heterocycles. The van der Waals surface area contributed by atoms with Crippen LogP contribution in [0.2, 0.25) is 5.15 Å². The summed E-state index contributed by atoms with van der Waals surface area (Å²) in [5.41, 5.74) is 3.65. The average molecular weight is 370 g/mol. The van der Waals surface area contributed by atoms with Crippen molar-refractivity contribution in [1.29, 1.82) is 0 Å². The predicted octanol–water partition coefficient (Wildman–Crippen LogP) is 3.68. The second-order valence-corrected chi connectivity index (χ2v) is 6.26. The minimum absolute atomic E-state index is 0.182. The van der Waals surface area contributed by atoms with Crippen LogP contribution in [0.15, 0.2) is 48.7 Å². The van der Waals surface area contributed by atoms with E-state index in [9.17, 15) is 4.79 Å². The van der Waals surface area contributed by atoms with E-state index in [0.717, 1.165) is 22.5 Å². The zero-order valence-corrected chi connectivity index (χ0v) is 15.5. The lowest BCUT2D eigenvalue weighted by Gasteiger charge is -2.09. The first-order chi connectivity index (χ1) is 12.6. The van der Waals surface area contributed by atoms with Gasteiger partial charge in [-0.1, -0.05) is 35.4 Å². The number of pyridine rings is 1. The number of aromatic nitrogens is 2. The van der Waals surface area contributed by atoms with E-state index in [4.69, 9.17) is 16.3 Å². The molecule has 0 spiro atoms. The molecular formula is C20H20ClN3O2. The van der Waals surface area contributed by atoms with Gasteiger partial charge in [0.15, 0.2) is 5.15 Å². The van der Waals surface area contributed by atoms with Gasteiger partial charge >= 0.3 is 0 Å². The van der Waals surface area contributed by atoms with Gasteiger partial charge in [-0.05, 0) is 43.2 Å². The number of carbonyl (C=O) groups is 1. The number of benzene rings is 1. The third-order valence-corrected chi connectivity index (χ3v) is 4.32. The molecule has 1 amide bonds. The Bertz CT molecular complexity index is 963. The Labute approximate surface area is 157 Å². The van der Waals surface area contributed by atoms with Crippen molar-refractivity contribution in [2.24, 2.45) is 0 Å². The summed E-state index contributed by atoms with van der Waals surface area (Å²) in [4.78, 5) is 16.3. The lowest BCUT2D eigenvalue weighted by molar-refractivity contribution is -0.116. The zero-order chi connectivity index (χ0) is 18.5. The molecule has 0 fully saturated rings. The van der Waals surface area contributed by atoms with Crippen LogP contribution in [0.3, 0.4) is 0 Å². The van der Waals surface area contributed by atoms with Crippen molar-refractivity contribution in [2.75, 3.05) is 13.7 Å². The Kier molecular flexibility index (Phi) is 5.58. The van der Waals surface area contributed by atoms with Gasteiger partial charge in [-0.25, -0.2) is 4.98 Å². The molecular weight excluding hydrogens is 350 g/mol. The lowest BCUT2D eigenvalue weighted by Crippen LogP contribution is -2.23. The van der Waals surface area contributed by atoms with Crippen molar-refractivity contribution in [1.82, 2.24) is 14.7 Å². The number of imidazole rings is 1. The molecule has 5 nitrogen and oxygen atoms in total. The summed E-state index contributed by atoms with van der Waals surface area (Å²) in [5.74, 6) is 0.650. The first-order valence-electron chi connectivity index (χ1n) is 8.30. The van der Waals surface area contributed by atoms with Gasteiger partial charge in [-0.3, -0.25) is 9.20 Å². The smallest absolute Gasteiger partial charge is 0.244 e. The molecule has 1 aromatic carbocycles. The molecule has 26 heavy (non-hydrogen) atoms. The summed E-state index contributed by atoms with van der Waals surface area (Å²) in [7, 11) is 1.65. The summed E-state index contributed by atoms with van der Waals surface area (Å²) in [5, 5.41) is 3.24. The highest BCUT2D eigenvalue weighted by Crippen LogP contribution is 2.20. The van der Waals surface area contributed by atoms with Crippen LogP contribution in [0.25, 0.3) is 11.7 Å². The molecule has 0 aliphatic heterocycles. The van der Waals surface area contributed by atoms with Crippen LogP contribution in [0, 0.1) is 6.92 Å². The van der Waals surface area contributed by atoms with E-state index in [1.165, 1.54) is 6.08 Å². The van der Waals surface area contributed by atoms with Crippen molar-refractivity contribution >= 4 is 29.2 Å². The maximum atomic E-state index is 12.1. The SMILES string of the molecule is COc1ccc(C)cc1CCNC(=O)/C=C/c1c(Cl)nc2ccccn12. The van der Waals surface area contributed by atoms with Crippen LogP contribution in [0.4, 0.5) is 0 Å². The van der Waals surface area contributed by atoms with Crippen molar-refractivity contribution in [3.63, 3.8) is 0 Å². The van der Waals surface area contributed by atoms with Gasteiger partial charge in [0, 0.05) is 18.8 Å². The first-order valence-corrected chi connectivity index (χ1v) is 8.68. The van der Waals surface area contributed by atoms with Gasteiger partial charge in [-0.2, -0.15) is 0 Å². The van der Waals surface area contributed by atoms with Crippen molar-refractivity contribution in [3.05, 3.63) is 70.6 Å². The van der Waals surface area contributed by atoms with E-state index in [1.807, 2.05) is 47.9 Å². The van der Waals surface area contributed by atoms with Crippen LogP contribution in [-0.4, -0.2) is 28.9 Å². The quantitative estimate of drug-likeness (QED) is 0.674. The number of nitrogens with one attached hydrogen (secondary N) is 1. The Hall–Kier alpha value is -2.79. The molecule has 0 atom stereocenters. The molecule has 3 rings (SSSR count). The van der Waals surface area contributed by atoms with E-state index in [-0.39, 0.29) is 5.91 Å². The van der Waals surface area contributed by atoms with E-state index in [0.29, 0.717) is 23.8 Å². The summed E-state index contributed by atoms with van der Waals surface area (Å²) < 4.78 is 7.19. The largest absolute Gasteiger partial charge is 0.496 e. The highest BCUT2D eigenvalue weighted by molar-refractivity contribution is 6.31. The molecule has 0 saturated carbocycles. The maximum absolute atomic E-state index is 12.1. The van der Waals surface area contributed by atoms with Crippen molar-refractivity contribution in [2.45, 2.75) is 13.3 Å². The number of nitrogens with zero attached hydrogens (tertiary/aromatic N) is 2. The standard InChI is InChI=1S/C20H20ClN3O2/c1-14-6-8-17(26-2)15(13-14)10-11-22-19(25)9-7-16-20(21)23-18-5-3-4-12-24(16)18/h3-9,12-13H,10-11H2,1-2H3,(H,22,25)/b9-7+. The van der Waals surface area contributed by atoms with Gasteiger partial charge < -0.3 is 10.1 Å². The third kappa shape index (κ3) is 4.06. The van der Waals surface area contributed by atoms with Crippen molar-refractivity contribution in [3.8, 4) is 5.75 Å². The number of methoxy groups -OCH3 is 1. The third-order valence-electron chi connectivity index (χ3n) is 4.04. The molecule has 0 aliphatic carbocycles. The van der Waals surface area contributed by atoms with Gasteiger partial charge in [0.1, 0.15) is 11.4 Å². The maximum Gasteiger partial charge on any atom is 0.244 e. The molecule has 134 valence electrons. The topological polar surface area (TPSA) is 55.6 Å². The summed E-state index contributed by atoms with van der Waals surface area (Å²) >= 11 is 6.15. The number of hydrogen-bond acceptors (Lipinski definition) is 3. The van der Waals surface area contributed by atoms with Gasteiger partial charge in [0.2, 0.25) is 5.91 Å². The normalized spacial score (nSPS) is 11.2. The highest BCUT2D eigenvalue weighted by Gasteiger charge is 2.07. The van der Waals surface area contributed by atoms with Crippen LogP contribution in [0.1, 0.15) is 16.8 Å². The summed E-state index contributed by atoms with van der Waals surface area (Å²) in [6.07, 6.45) is 5.69. The minimum atomic E-state index is -0.182. The molecule has 6 heteroatoms.